The molecule has 5 rings (SSSR count). The van der Waals surface area contributed by atoms with E-state index in [9.17, 15) is 24.0 Å². The van der Waals surface area contributed by atoms with Crippen molar-refractivity contribution in [2.75, 3.05) is 18.5 Å². The van der Waals surface area contributed by atoms with Gasteiger partial charge in [0.2, 0.25) is 11.8 Å². The van der Waals surface area contributed by atoms with Gasteiger partial charge in [0.25, 0.3) is 11.8 Å². The zero-order valence-corrected chi connectivity index (χ0v) is 22.6. The molecule has 2 aromatic rings. The molecule has 10 nitrogen and oxygen atoms in total. The van der Waals surface area contributed by atoms with Gasteiger partial charge in [-0.25, -0.2) is 4.79 Å². The summed E-state index contributed by atoms with van der Waals surface area (Å²) in [5, 5.41) is 2.30. The quantitative estimate of drug-likeness (QED) is 0.608. The third kappa shape index (κ3) is 5.23. The fraction of sp³-hybridized carbons (Fsp3) is 0.414. The van der Waals surface area contributed by atoms with Crippen LogP contribution in [0.4, 0.5) is 10.5 Å². The minimum absolute atomic E-state index is 0.190. The van der Waals surface area contributed by atoms with Crippen LogP contribution in [0.3, 0.4) is 0 Å². The predicted molar refractivity (Wildman–Crippen MR) is 142 cm³/mol. The number of hydrogen-bond acceptors (Lipinski definition) is 6. The Morgan fingerprint density at radius 3 is 2.46 bits per heavy atom. The number of fused-ring (bicyclic) bond motifs is 2. The van der Waals surface area contributed by atoms with Crippen molar-refractivity contribution in [3.8, 4) is 0 Å². The molecule has 204 valence electrons. The SMILES string of the molecule is CN(C(=O)c1ccc2c(c1)CN(C(=O)OC(C)(C)C)CC2)c1ccc2c(c1)CN(C1CCC(=O)NC1=O)C2=O. The summed E-state index contributed by atoms with van der Waals surface area (Å²) < 4.78 is 5.51. The molecule has 1 atom stereocenters. The summed E-state index contributed by atoms with van der Waals surface area (Å²) in [5.74, 6) is -1.28. The van der Waals surface area contributed by atoms with E-state index in [2.05, 4.69) is 5.32 Å². The maximum atomic E-state index is 13.4. The Balaban J connectivity index is 1.31. The maximum absolute atomic E-state index is 13.4. The van der Waals surface area contributed by atoms with E-state index in [0.29, 0.717) is 42.7 Å². The smallest absolute Gasteiger partial charge is 0.410 e. The second-order valence-corrected chi connectivity index (χ2v) is 11.2. The number of amides is 5. The monoisotopic (exact) mass is 532 g/mol. The van der Waals surface area contributed by atoms with Gasteiger partial charge in [-0.2, -0.15) is 0 Å². The van der Waals surface area contributed by atoms with Crippen molar-refractivity contribution in [1.29, 1.82) is 0 Å². The Labute approximate surface area is 226 Å². The average Bonchev–Trinajstić information content (AvgIpc) is 3.21. The number of anilines is 1. The van der Waals surface area contributed by atoms with Gasteiger partial charge in [0.15, 0.2) is 0 Å². The highest BCUT2D eigenvalue weighted by molar-refractivity contribution is 6.08. The van der Waals surface area contributed by atoms with Crippen molar-refractivity contribution >= 4 is 35.4 Å². The van der Waals surface area contributed by atoms with E-state index in [4.69, 9.17) is 4.74 Å². The van der Waals surface area contributed by atoms with E-state index in [1.807, 2.05) is 32.9 Å². The van der Waals surface area contributed by atoms with Crippen molar-refractivity contribution in [3.05, 3.63) is 64.2 Å². The van der Waals surface area contributed by atoms with Crippen molar-refractivity contribution in [3.63, 3.8) is 0 Å². The first-order chi connectivity index (χ1) is 18.4. The van der Waals surface area contributed by atoms with Crippen LogP contribution in [0.15, 0.2) is 36.4 Å². The van der Waals surface area contributed by atoms with Crippen molar-refractivity contribution in [2.24, 2.45) is 0 Å². The second-order valence-electron chi connectivity index (χ2n) is 11.2. The van der Waals surface area contributed by atoms with Gasteiger partial charge in [-0.05, 0) is 80.6 Å². The van der Waals surface area contributed by atoms with E-state index >= 15 is 0 Å². The molecular formula is C29H32N4O6. The molecule has 39 heavy (non-hydrogen) atoms. The number of carbonyl (C=O) groups is 5. The summed E-state index contributed by atoms with van der Waals surface area (Å²) in [6.45, 7) is 6.64. The molecule has 5 amide bonds. The molecular weight excluding hydrogens is 500 g/mol. The molecule has 0 aromatic heterocycles. The number of piperidine rings is 1. The normalized spacial score (nSPS) is 18.9. The van der Waals surface area contributed by atoms with Crippen LogP contribution >= 0.6 is 0 Å². The molecule has 0 spiro atoms. The van der Waals surface area contributed by atoms with Crippen molar-refractivity contribution in [2.45, 2.75) is 64.8 Å². The van der Waals surface area contributed by atoms with Crippen LogP contribution in [-0.2, 0) is 33.8 Å². The molecule has 1 fully saturated rings. The van der Waals surface area contributed by atoms with Gasteiger partial charge in [-0.3, -0.25) is 24.5 Å². The molecule has 0 radical (unpaired) electrons. The van der Waals surface area contributed by atoms with Crippen LogP contribution in [0.2, 0.25) is 0 Å². The largest absolute Gasteiger partial charge is 0.444 e. The fourth-order valence-electron chi connectivity index (χ4n) is 5.25. The van der Waals surface area contributed by atoms with Crippen molar-refractivity contribution in [1.82, 2.24) is 15.1 Å². The lowest BCUT2D eigenvalue weighted by molar-refractivity contribution is -0.136. The summed E-state index contributed by atoms with van der Waals surface area (Å²) >= 11 is 0. The number of nitrogens with one attached hydrogen (secondary N) is 1. The molecule has 1 saturated heterocycles. The molecule has 10 heteroatoms. The Kier molecular flexibility index (Phi) is 6.65. The van der Waals surface area contributed by atoms with Crippen LogP contribution in [-0.4, -0.2) is 64.8 Å². The van der Waals surface area contributed by atoms with Crippen LogP contribution in [0.5, 0.6) is 0 Å². The molecule has 0 bridgehead atoms. The van der Waals surface area contributed by atoms with Crippen LogP contribution in [0, 0.1) is 0 Å². The molecule has 2 aromatic carbocycles. The van der Waals surface area contributed by atoms with Gasteiger partial charge < -0.3 is 19.4 Å². The summed E-state index contributed by atoms with van der Waals surface area (Å²) in [7, 11) is 1.67. The number of imide groups is 1. The number of carbonyl (C=O) groups excluding carboxylic acids is 5. The summed E-state index contributed by atoms with van der Waals surface area (Å²) in [5.41, 5.74) is 3.73. The van der Waals surface area contributed by atoms with Crippen LogP contribution < -0.4 is 10.2 Å². The first-order valence-electron chi connectivity index (χ1n) is 13.1. The number of rotatable bonds is 3. The first kappa shape index (κ1) is 26.4. The second kappa shape index (κ2) is 9.83. The minimum Gasteiger partial charge on any atom is -0.444 e. The third-order valence-electron chi connectivity index (χ3n) is 7.32. The Morgan fingerprint density at radius 1 is 0.974 bits per heavy atom. The summed E-state index contributed by atoms with van der Waals surface area (Å²) in [6.07, 6.45) is 0.789. The average molecular weight is 533 g/mol. The van der Waals surface area contributed by atoms with E-state index in [0.717, 1.165) is 16.7 Å². The Bertz CT molecular complexity index is 1390. The van der Waals surface area contributed by atoms with Gasteiger partial charge in [-0.15, -0.1) is 0 Å². The lowest BCUT2D eigenvalue weighted by atomic mass is 9.97. The predicted octanol–water partition coefficient (Wildman–Crippen LogP) is 3.02. The lowest BCUT2D eigenvalue weighted by Gasteiger charge is -2.31. The van der Waals surface area contributed by atoms with E-state index in [-0.39, 0.29) is 36.8 Å². The summed E-state index contributed by atoms with van der Waals surface area (Å²) in [6, 6.07) is 10.0. The Morgan fingerprint density at radius 2 is 1.74 bits per heavy atom. The third-order valence-corrected chi connectivity index (χ3v) is 7.32. The molecule has 0 aliphatic carbocycles. The number of benzene rings is 2. The first-order valence-corrected chi connectivity index (χ1v) is 13.1. The van der Waals surface area contributed by atoms with E-state index in [1.165, 1.54) is 9.80 Å². The van der Waals surface area contributed by atoms with E-state index in [1.54, 1.807) is 36.2 Å². The van der Waals surface area contributed by atoms with Crippen LogP contribution in [0.1, 0.15) is 71.0 Å². The fourth-order valence-corrected chi connectivity index (χ4v) is 5.25. The molecule has 0 saturated carbocycles. The van der Waals surface area contributed by atoms with Gasteiger partial charge in [0, 0.05) is 49.9 Å². The van der Waals surface area contributed by atoms with Gasteiger partial charge in [-0.1, -0.05) is 6.07 Å². The molecule has 1 unspecified atom stereocenters. The highest BCUT2D eigenvalue weighted by atomic mass is 16.6. The highest BCUT2D eigenvalue weighted by Crippen LogP contribution is 2.31. The zero-order valence-electron chi connectivity index (χ0n) is 22.6. The number of nitrogens with zero attached hydrogens (tertiary/aromatic N) is 3. The number of ether oxygens (including phenoxy) is 1. The topological polar surface area (TPSA) is 116 Å². The van der Waals surface area contributed by atoms with E-state index < -0.39 is 17.6 Å². The Hall–Kier alpha value is -4.21. The zero-order chi connectivity index (χ0) is 28.1. The van der Waals surface area contributed by atoms with Gasteiger partial charge >= 0.3 is 6.09 Å². The molecule has 3 aliphatic rings. The standard InChI is InChI=1S/C29H32N4O6/c1-29(2,3)39-28(38)32-12-11-17-5-6-18(13-19(17)15-32)26(36)31(4)21-7-8-22-20(14-21)16-33(27(22)37)23-9-10-24(34)30-25(23)35/h5-8,13-14,23H,9-12,15-16H2,1-4H3,(H,30,34,35). The molecule has 1 N–H and O–H groups in total. The van der Waals surface area contributed by atoms with Crippen LogP contribution in [0.25, 0.3) is 0 Å². The van der Waals surface area contributed by atoms with Gasteiger partial charge in [0.05, 0.1) is 0 Å². The number of hydrogen-bond donors (Lipinski definition) is 1. The van der Waals surface area contributed by atoms with Crippen molar-refractivity contribution < 1.29 is 28.7 Å². The maximum Gasteiger partial charge on any atom is 0.410 e. The summed E-state index contributed by atoms with van der Waals surface area (Å²) in [4.78, 5) is 67.5. The lowest BCUT2D eigenvalue weighted by Crippen LogP contribution is -2.52. The van der Waals surface area contributed by atoms with Gasteiger partial charge in [0.1, 0.15) is 11.6 Å². The minimum atomic E-state index is -0.693. The molecule has 3 aliphatic heterocycles. The molecule has 3 heterocycles. The highest BCUT2D eigenvalue weighted by Gasteiger charge is 2.39.